The van der Waals surface area contributed by atoms with Crippen molar-refractivity contribution in [1.29, 1.82) is 0 Å². The minimum absolute atomic E-state index is 0.102. The molecule has 0 amide bonds. The summed E-state index contributed by atoms with van der Waals surface area (Å²) in [5.41, 5.74) is 5.30. The molecule has 0 atom stereocenters. The summed E-state index contributed by atoms with van der Waals surface area (Å²) in [4.78, 5) is 8.57. The third-order valence-electron chi connectivity index (χ3n) is 4.86. The van der Waals surface area contributed by atoms with Gasteiger partial charge in [-0.15, -0.1) is 0 Å². The van der Waals surface area contributed by atoms with Crippen LogP contribution in [0.15, 0.2) is 79.3 Å². The van der Waals surface area contributed by atoms with Crippen LogP contribution in [0, 0.1) is 6.92 Å². The largest absolute Gasteiger partial charge is 0.507 e. The molecule has 1 heterocycles. The molecule has 150 valence electrons. The molecular weight excluding hydrogens is 376 g/mol. The predicted octanol–water partition coefficient (Wildman–Crippen LogP) is 5.41. The number of ether oxygens (including phenoxy) is 2. The Kier molecular flexibility index (Phi) is 5.61. The maximum Gasteiger partial charge on any atom is 0.128 e. The fourth-order valence-corrected chi connectivity index (χ4v) is 3.18. The summed E-state index contributed by atoms with van der Waals surface area (Å²) in [6, 6.07) is 21.1. The van der Waals surface area contributed by atoms with E-state index in [0.29, 0.717) is 23.6 Å². The first-order chi connectivity index (χ1) is 14.6. The molecule has 0 unspecified atom stereocenters. The van der Waals surface area contributed by atoms with Gasteiger partial charge >= 0.3 is 0 Å². The summed E-state index contributed by atoms with van der Waals surface area (Å²) in [5.74, 6) is 1.47. The smallest absolute Gasteiger partial charge is 0.128 e. The second-order valence-corrected chi connectivity index (χ2v) is 6.97. The van der Waals surface area contributed by atoms with Crippen molar-refractivity contribution in [1.82, 2.24) is 9.97 Å². The number of aromatic nitrogens is 2. The summed E-state index contributed by atoms with van der Waals surface area (Å²) in [7, 11) is 1.63. The molecule has 5 nitrogen and oxygen atoms in total. The molecular formula is C25H22N2O3. The minimum Gasteiger partial charge on any atom is -0.507 e. The Bertz CT molecular complexity index is 1140. The Labute approximate surface area is 175 Å². The maximum absolute atomic E-state index is 10.7. The molecule has 0 spiro atoms. The number of aryl methyl sites for hydroxylation is 1. The third-order valence-corrected chi connectivity index (χ3v) is 4.86. The van der Waals surface area contributed by atoms with E-state index in [9.17, 15) is 5.11 Å². The molecule has 0 radical (unpaired) electrons. The molecule has 3 aromatic carbocycles. The van der Waals surface area contributed by atoms with Gasteiger partial charge in [0.05, 0.1) is 12.8 Å². The molecule has 0 fully saturated rings. The van der Waals surface area contributed by atoms with Crippen LogP contribution >= 0.6 is 0 Å². The highest BCUT2D eigenvalue weighted by Crippen LogP contribution is 2.37. The topological polar surface area (TPSA) is 64.5 Å². The summed E-state index contributed by atoms with van der Waals surface area (Å²) in [6.45, 7) is 2.48. The summed E-state index contributed by atoms with van der Waals surface area (Å²) in [5, 5.41) is 10.7. The number of rotatable bonds is 6. The monoisotopic (exact) mass is 398 g/mol. The first kappa shape index (κ1) is 19.5. The lowest BCUT2D eigenvalue weighted by atomic mass is 10.00. The number of hydrogen-bond acceptors (Lipinski definition) is 5. The number of hydrogen-bond donors (Lipinski definition) is 1. The van der Waals surface area contributed by atoms with E-state index in [1.165, 1.54) is 11.9 Å². The van der Waals surface area contributed by atoms with Gasteiger partial charge in [-0.3, -0.25) is 0 Å². The van der Waals surface area contributed by atoms with Gasteiger partial charge in [0.25, 0.3) is 0 Å². The lowest BCUT2D eigenvalue weighted by Crippen LogP contribution is -1.96. The average molecular weight is 398 g/mol. The molecule has 1 N–H and O–H groups in total. The minimum atomic E-state index is 0.102. The average Bonchev–Trinajstić information content (AvgIpc) is 2.79. The molecule has 0 aliphatic heterocycles. The number of benzene rings is 3. The van der Waals surface area contributed by atoms with Gasteiger partial charge in [-0.2, -0.15) is 0 Å². The molecule has 4 aromatic rings. The quantitative estimate of drug-likeness (QED) is 0.470. The van der Waals surface area contributed by atoms with E-state index in [0.717, 1.165) is 22.4 Å². The Morgan fingerprint density at radius 3 is 2.30 bits per heavy atom. The second-order valence-electron chi connectivity index (χ2n) is 6.97. The van der Waals surface area contributed by atoms with E-state index in [1.807, 2.05) is 48.5 Å². The van der Waals surface area contributed by atoms with Crippen molar-refractivity contribution >= 4 is 0 Å². The van der Waals surface area contributed by atoms with Crippen LogP contribution < -0.4 is 9.47 Å². The van der Waals surface area contributed by atoms with E-state index >= 15 is 0 Å². The molecule has 1 aromatic heterocycles. The van der Waals surface area contributed by atoms with Crippen LogP contribution in [-0.2, 0) is 6.61 Å². The molecule has 0 aliphatic carbocycles. The first-order valence-corrected chi connectivity index (χ1v) is 9.60. The lowest BCUT2D eigenvalue weighted by molar-refractivity contribution is 0.304. The van der Waals surface area contributed by atoms with E-state index in [4.69, 9.17) is 9.47 Å². The van der Waals surface area contributed by atoms with Crippen molar-refractivity contribution in [3.05, 3.63) is 90.4 Å². The summed E-state index contributed by atoms with van der Waals surface area (Å²) < 4.78 is 11.1. The highest BCUT2D eigenvalue weighted by Gasteiger charge is 2.14. The summed E-state index contributed by atoms with van der Waals surface area (Å²) >= 11 is 0. The van der Waals surface area contributed by atoms with E-state index in [1.54, 1.807) is 19.4 Å². The highest BCUT2D eigenvalue weighted by molar-refractivity contribution is 5.83. The molecule has 0 saturated heterocycles. The van der Waals surface area contributed by atoms with Crippen molar-refractivity contribution in [2.75, 3.05) is 7.11 Å². The van der Waals surface area contributed by atoms with Gasteiger partial charge < -0.3 is 14.6 Å². The van der Waals surface area contributed by atoms with Crippen molar-refractivity contribution in [3.8, 4) is 39.6 Å². The molecule has 5 heteroatoms. The predicted molar refractivity (Wildman–Crippen MR) is 117 cm³/mol. The Morgan fingerprint density at radius 1 is 0.867 bits per heavy atom. The zero-order valence-corrected chi connectivity index (χ0v) is 16.9. The van der Waals surface area contributed by atoms with Crippen molar-refractivity contribution in [3.63, 3.8) is 0 Å². The van der Waals surface area contributed by atoms with Crippen LogP contribution in [0.25, 0.3) is 22.4 Å². The first-order valence-electron chi connectivity index (χ1n) is 9.60. The standard InChI is InChI=1S/C25H22N2O3/c1-17-3-5-18(6-4-17)15-30-21-11-12-22(24(28)13-21)25-23(14-26-16-27-25)19-7-9-20(29-2)10-8-19/h3-14,16,28H,15H2,1-2H3. The van der Waals surface area contributed by atoms with Crippen LogP contribution in [0.1, 0.15) is 11.1 Å². The second kappa shape index (κ2) is 8.66. The van der Waals surface area contributed by atoms with Gasteiger partial charge in [0.2, 0.25) is 0 Å². The molecule has 4 rings (SSSR count). The Morgan fingerprint density at radius 2 is 1.60 bits per heavy atom. The van der Waals surface area contributed by atoms with E-state index < -0.39 is 0 Å². The van der Waals surface area contributed by atoms with Crippen LogP contribution in [0.4, 0.5) is 0 Å². The maximum atomic E-state index is 10.7. The van der Waals surface area contributed by atoms with Gasteiger partial charge in [0.15, 0.2) is 0 Å². The molecule has 30 heavy (non-hydrogen) atoms. The van der Waals surface area contributed by atoms with Crippen LogP contribution in [0.3, 0.4) is 0 Å². The Hall–Kier alpha value is -3.86. The third kappa shape index (κ3) is 4.25. The van der Waals surface area contributed by atoms with Crippen molar-refractivity contribution in [2.24, 2.45) is 0 Å². The van der Waals surface area contributed by atoms with Gasteiger partial charge in [0.1, 0.15) is 30.2 Å². The highest BCUT2D eigenvalue weighted by atomic mass is 16.5. The molecule has 0 saturated carbocycles. The number of methoxy groups -OCH3 is 1. The van der Waals surface area contributed by atoms with Crippen molar-refractivity contribution in [2.45, 2.75) is 13.5 Å². The number of phenols is 1. The zero-order valence-electron chi connectivity index (χ0n) is 16.9. The van der Waals surface area contributed by atoms with Gasteiger partial charge in [-0.05, 0) is 42.3 Å². The zero-order chi connectivity index (χ0) is 20.9. The van der Waals surface area contributed by atoms with E-state index in [-0.39, 0.29) is 5.75 Å². The van der Waals surface area contributed by atoms with Gasteiger partial charge in [0, 0.05) is 23.4 Å². The lowest BCUT2D eigenvalue weighted by Gasteiger charge is -2.12. The van der Waals surface area contributed by atoms with Crippen molar-refractivity contribution < 1.29 is 14.6 Å². The summed E-state index contributed by atoms with van der Waals surface area (Å²) in [6.07, 6.45) is 3.22. The molecule has 0 aliphatic rings. The van der Waals surface area contributed by atoms with E-state index in [2.05, 4.69) is 29.0 Å². The number of aromatic hydroxyl groups is 1. The normalized spacial score (nSPS) is 10.6. The number of phenolic OH excluding ortho intramolecular Hbond substituents is 1. The Balaban J connectivity index is 1.59. The van der Waals surface area contributed by atoms with Gasteiger partial charge in [-0.1, -0.05) is 42.0 Å². The van der Waals surface area contributed by atoms with Crippen LogP contribution in [-0.4, -0.2) is 22.2 Å². The van der Waals surface area contributed by atoms with Crippen LogP contribution in [0.2, 0.25) is 0 Å². The van der Waals surface area contributed by atoms with Gasteiger partial charge in [-0.25, -0.2) is 9.97 Å². The molecule has 0 bridgehead atoms. The number of nitrogens with zero attached hydrogens (tertiary/aromatic N) is 2. The fourth-order valence-electron chi connectivity index (χ4n) is 3.18. The fraction of sp³-hybridized carbons (Fsp3) is 0.120. The van der Waals surface area contributed by atoms with Crippen LogP contribution in [0.5, 0.6) is 17.2 Å². The SMILES string of the molecule is COc1ccc(-c2cncnc2-c2ccc(OCc3ccc(C)cc3)cc2O)cc1.